The Balaban J connectivity index is 1.33. The molecule has 5 rings (SSSR count). The van der Waals surface area contributed by atoms with Gasteiger partial charge >= 0.3 is 6.18 Å². The standard InChI is InChI=1S/C25H23ClF3N7O2/c1-34-11-14(10-32-34)13-7-17(22(30)31-9-13)23(37)33-15-5-6-36(12-15)24(38)20-8-16-18(25(27,28)29)3-4-19(26)21(16)35(20)2/h3-4,7-11,15H,5-6,12H2,1-2H3,(H2,30,31)(H,33,37)/t15-/m1/s1. The van der Waals surface area contributed by atoms with E-state index >= 15 is 0 Å². The minimum Gasteiger partial charge on any atom is -0.383 e. The fraction of sp³-hybridized carbons (Fsp3) is 0.280. The van der Waals surface area contributed by atoms with E-state index in [-0.39, 0.29) is 45.6 Å². The van der Waals surface area contributed by atoms with E-state index in [1.807, 2.05) is 0 Å². The average molecular weight is 546 g/mol. The molecule has 13 heteroatoms. The number of hydrogen-bond acceptors (Lipinski definition) is 5. The van der Waals surface area contributed by atoms with E-state index < -0.39 is 23.6 Å². The lowest BCUT2D eigenvalue weighted by atomic mass is 10.1. The quantitative estimate of drug-likeness (QED) is 0.404. The number of rotatable bonds is 4. The molecule has 0 spiro atoms. The summed E-state index contributed by atoms with van der Waals surface area (Å²) in [6.07, 6.45) is 0.851. The zero-order valence-corrected chi connectivity index (χ0v) is 21.1. The molecule has 3 N–H and O–H groups in total. The summed E-state index contributed by atoms with van der Waals surface area (Å²) in [4.78, 5) is 31.9. The Kier molecular flexibility index (Phi) is 6.30. The number of halogens is 4. The summed E-state index contributed by atoms with van der Waals surface area (Å²) in [6.45, 7) is 0.496. The lowest BCUT2D eigenvalue weighted by molar-refractivity contribution is -0.136. The van der Waals surface area contributed by atoms with Crippen LogP contribution >= 0.6 is 11.6 Å². The number of likely N-dealkylation sites (tertiary alicyclic amines) is 1. The van der Waals surface area contributed by atoms with Crippen LogP contribution in [0.5, 0.6) is 0 Å². The molecule has 38 heavy (non-hydrogen) atoms. The third-order valence-corrected chi connectivity index (χ3v) is 6.99. The maximum absolute atomic E-state index is 13.6. The van der Waals surface area contributed by atoms with Gasteiger partial charge in [0.1, 0.15) is 11.5 Å². The van der Waals surface area contributed by atoms with Crippen LogP contribution < -0.4 is 11.1 Å². The van der Waals surface area contributed by atoms with Crippen molar-refractivity contribution in [1.82, 2.24) is 29.5 Å². The Bertz CT molecular complexity index is 1580. The largest absolute Gasteiger partial charge is 0.417 e. The predicted molar refractivity (Wildman–Crippen MR) is 136 cm³/mol. The van der Waals surface area contributed by atoms with Crippen molar-refractivity contribution in [3.63, 3.8) is 0 Å². The Hall–Kier alpha value is -4.06. The number of pyridine rings is 1. The minimum atomic E-state index is -4.60. The molecule has 4 heterocycles. The molecule has 4 aromatic rings. The molecular formula is C25H23ClF3N7O2. The zero-order chi connectivity index (χ0) is 27.4. The van der Waals surface area contributed by atoms with Crippen molar-refractivity contribution in [3.8, 4) is 11.1 Å². The Morgan fingerprint density at radius 2 is 1.92 bits per heavy atom. The van der Waals surface area contributed by atoms with Crippen LogP contribution in [-0.4, -0.2) is 55.2 Å². The Labute approximate surface area is 220 Å². The van der Waals surface area contributed by atoms with E-state index in [0.717, 1.165) is 11.6 Å². The number of alkyl halides is 3. The van der Waals surface area contributed by atoms with Gasteiger partial charge in [0, 0.05) is 62.1 Å². The van der Waals surface area contributed by atoms with Crippen LogP contribution in [0.2, 0.25) is 5.02 Å². The molecular weight excluding hydrogens is 523 g/mol. The second kappa shape index (κ2) is 9.35. The summed E-state index contributed by atoms with van der Waals surface area (Å²) in [6, 6.07) is 4.55. The Morgan fingerprint density at radius 1 is 1.16 bits per heavy atom. The molecule has 0 aliphatic carbocycles. The number of nitrogens with two attached hydrogens (primary N) is 1. The van der Waals surface area contributed by atoms with Gasteiger partial charge in [-0.1, -0.05) is 11.6 Å². The van der Waals surface area contributed by atoms with Crippen LogP contribution in [0.15, 0.2) is 42.9 Å². The molecule has 1 saturated heterocycles. The second-order valence-electron chi connectivity index (χ2n) is 9.21. The molecule has 1 atom stereocenters. The molecule has 2 amide bonds. The van der Waals surface area contributed by atoms with Crippen molar-refractivity contribution in [3.05, 3.63) is 64.7 Å². The van der Waals surface area contributed by atoms with Crippen molar-refractivity contribution >= 4 is 40.1 Å². The topological polar surface area (TPSA) is 111 Å². The number of nitrogen functional groups attached to an aromatic ring is 1. The van der Waals surface area contributed by atoms with Crippen molar-refractivity contribution in [1.29, 1.82) is 0 Å². The van der Waals surface area contributed by atoms with Crippen molar-refractivity contribution in [2.45, 2.75) is 18.6 Å². The first-order chi connectivity index (χ1) is 17.9. The average Bonchev–Trinajstić information content (AvgIpc) is 3.58. The predicted octanol–water partition coefficient (Wildman–Crippen LogP) is 3.87. The lowest BCUT2D eigenvalue weighted by Gasteiger charge is -2.18. The van der Waals surface area contributed by atoms with E-state index in [2.05, 4.69) is 15.4 Å². The van der Waals surface area contributed by atoms with Crippen molar-refractivity contribution < 1.29 is 22.8 Å². The third kappa shape index (κ3) is 4.55. The molecule has 1 fully saturated rings. The van der Waals surface area contributed by atoms with Gasteiger partial charge in [-0.2, -0.15) is 18.3 Å². The van der Waals surface area contributed by atoms with Crippen LogP contribution in [-0.2, 0) is 20.3 Å². The number of hydrogen-bond donors (Lipinski definition) is 2. The molecule has 0 saturated carbocycles. The summed E-state index contributed by atoms with van der Waals surface area (Å²) >= 11 is 6.18. The van der Waals surface area contributed by atoms with E-state index in [1.54, 1.807) is 36.4 Å². The molecule has 1 aliphatic heterocycles. The number of nitrogens with one attached hydrogen (secondary N) is 1. The van der Waals surface area contributed by atoms with E-state index in [4.69, 9.17) is 17.3 Å². The SMILES string of the molecule is Cn1cc(-c2cnc(N)c(C(=O)N[C@@H]3CCN(C(=O)c4cc5c(C(F)(F)F)ccc(Cl)c5n4C)C3)c2)cn1. The molecule has 0 radical (unpaired) electrons. The fourth-order valence-electron chi connectivity index (χ4n) is 4.75. The number of aryl methyl sites for hydroxylation is 2. The molecule has 0 bridgehead atoms. The van der Waals surface area contributed by atoms with Crippen molar-refractivity contribution in [2.24, 2.45) is 14.1 Å². The molecule has 3 aromatic heterocycles. The molecule has 198 valence electrons. The highest BCUT2D eigenvalue weighted by atomic mass is 35.5. The first-order valence-corrected chi connectivity index (χ1v) is 12.0. The summed E-state index contributed by atoms with van der Waals surface area (Å²) < 4.78 is 43.7. The molecule has 9 nitrogen and oxygen atoms in total. The van der Waals surface area contributed by atoms with Gasteiger partial charge < -0.3 is 20.5 Å². The number of carbonyl (C=O) groups is 2. The summed E-state index contributed by atoms with van der Waals surface area (Å²) in [5, 5.41) is 6.97. The highest BCUT2D eigenvalue weighted by Gasteiger charge is 2.36. The number of nitrogens with zero attached hydrogens (tertiary/aromatic N) is 5. The van der Waals surface area contributed by atoms with Crippen LogP contribution in [0.3, 0.4) is 0 Å². The maximum Gasteiger partial charge on any atom is 0.417 e. The highest BCUT2D eigenvalue weighted by Crippen LogP contribution is 2.39. The van der Waals surface area contributed by atoms with Gasteiger partial charge in [-0.25, -0.2) is 4.98 Å². The van der Waals surface area contributed by atoms with Gasteiger partial charge in [-0.3, -0.25) is 14.3 Å². The fourth-order valence-corrected chi connectivity index (χ4v) is 5.04. The van der Waals surface area contributed by atoms with E-state index in [9.17, 15) is 22.8 Å². The van der Waals surface area contributed by atoms with Gasteiger partial charge in [0.25, 0.3) is 11.8 Å². The van der Waals surface area contributed by atoms with Crippen LogP contribution in [0, 0.1) is 0 Å². The highest BCUT2D eigenvalue weighted by molar-refractivity contribution is 6.35. The lowest BCUT2D eigenvalue weighted by Crippen LogP contribution is -2.39. The third-order valence-electron chi connectivity index (χ3n) is 6.68. The van der Waals surface area contributed by atoms with Gasteiger partial charge in [-0.05, 0) is 30.7 Å². The normalized spacial score (nSPS) is 15.8. The number of aromatic nitrogens is 4. The van der Waals surface area contributed by atoms with Crippen LogP contribution in [0.4, 0.5) is 19.0 Å². The monoisotopic (exact) mass is 545 g/mol. The first kappa shape index (κ1) is 25.6. The van der Waals surface area contributed by atoms with E-state index in [0.29, 0.717) is 18.5 Å². The second-order valence-corrected chi connectivity index (χ2v) is 9.62. The van der Waals surface area contributed by atoms with Crippen molar-refractivity contribution in [2.75, 3.05) is 18.8 Å². The van der Waals surface area contributed by atoms with Crippen LogP contribution in [0.1, 0.15) is 32.8 Å². The number of benzene rings is 1. The maximum atomic E-state index is 13.6. The molecule has 0 unspecified atom stereocenters. The Morgan fingerprint density at radius 3 is 2.61 bits per heavy atom. The number of anilines is 1. The van der Waals surface area contributed by atoms with Gasteiger partial charge in [0.2, 0.25) is 0 Å². The molecule has 1 aromatic carbocycles. The van der Waals surface area contributed by atoms with E-state index in [1.165, 1.54) is 28.6 Å². The number of carbonyl (C=O) groups excluding carboxylic acids is 2. The van der Waals surface area contributed by atoms with Gasteiger partial charge in [0.05, 0.1) is 27.9 Å². The minimum absolute atomic E-state index is 0.0638. The summed E-state index contributed by atoms with van der Waals surface area (Å²) in [5.74, 6) is -0.829. The molecule has 1 aliphatic rings. The first-order valence-electron chi connectivity index (χ1n) is 11.6. The summed E-state index contributed by atoms with van der Waals surface area (Å²) in [5.41, 5.74) is 6.94. The number of amides is 2. The summed E-state index contributed by atoms with van der Waals surface area (Å²) in [7, 11) is 3.28. The van der Waals surface area contributed by atoms with Gasteiger partial charge in [0.15, 0.2) is 0 Å². The smallest absolute Gasteiger partial charge is 0.383 e. The van der Waals surface area contributed by atoms with Crippen LogP contribution in [0.25, 0.3) is 22.0 Å². The number of fused-ring (bicyclic) bond motifs is 1. The zero-order valence-electron chi connectivity index (χ0n) is 20.4. The van der Waals surface area contributed by atoms with Gasteiger partial charge in [-0.15, -0.1) is 0 Å².